The number of carbonyl (C=O) groups excluding carboxylic acids is 1. The third-order valence-corrected chi connectivity index (χ3v) is 6.18. The average molecular weight is 478 g/mol. The zero-order chi connectivity index (χ0) is 24.3. The summed E-state index contributed by atoms with van der Waals surface area (Å²) < 4.78 is 36.8. The second-order valence-electron chi connectivity index (χ2n) is 8.47. The normalized spacial score (nSPS) is 15.8. The highest BCUT2D eigenvalue weighted by atomic mass is 19.3. The molecule has 0 fully saturated rings. The summed E-state index contributed by atoms with van der Waals surface area (Å²) in [5.41, 5.74) is 3.49. The first kappa shape index (κ1) is 21.2. The second kappa shape index (κ2) is 7.86. The van der Waals surface area contributed by atoms with Crippen LogP contribution in [-0.2, 0) is 13.5 Å². The fourth-order valence-electron chi connectivity index (χ4n) is 4.50. The number of aromatic nitrogens is 7. The molecule has 0 unspecified atom stereocenters. The maximum atomic E-state index is 13.9. The van der Waals surface area contributed by atoms with Crippen LogP contribution in [0.4, 0.5) is 8.78 Å². The van der Waals surface area contributed by atoms with Crippen molar-refractivity contribution >= 4 is 11.4 Å². The lowest BCUT2D eigenvalue weighted by Crippen LogP contribution is -2.41. The Kier molecular flexibility index (Phi) is 4.76. The number of carbonyl (C=O) groups is 1. The summed E-state index contributed by atoms with van der Waals surface area (Å²) in [6, 6.07) is 5.04. The van der Waals surface area contributed by atoms with Crippen molar-refractivity contribution in [3.63, 3.8) is 0 Å². The van der Waals surface area contributed by atoms with E-state index in [0.717, 1.165) is 16.8 Å². The average Bonchev–Trinajstić information content (AvgIpc) is 3.62. The fourth-order valence-corrected chi connectivity index (χ4v) is 4.50. The molecule has 0 saturated heterocycles. The highest BCUT2D eigenvalue weighted by molar-refractivity contribution is 5.93. The number of hydrogen-bond donors (Lipinski definition) is 1. The van der Waals surface area contributed by atoms with Gasteiger partial charge in [0.15, 0.2) is 5.69 Å². The van der Waals surface area contributed by atoms with E-state index in [4.69, 9.17) is 4.42 Å². The van der Waals surface area contributed by atoms with Crippen molar-refractivity contribution in [3.05, 3.63) is 77.3 Å². The number of alkyl halides is 2. The summed E-state index contributed by atoms with van der Waals surface area (Å²) in [6.07, 6.45) is 3.93. The number of nitrogens with zero attached hydrogens (tertiary/aromatic N) is 7. The molecule has 12 heteroatoms. The SMILES string of the molecule is Cc1cccn2nc([C@@H]3c4nc[nH]c4CCN3C(=O)c3oc(-c4cn(C)cn4)nc3C(F)F)cc12. The fraction of sp³-hybridized carbons (Fsp3) is 0.261. The Labute approximate surface area is 197 Å². The molecule has 0 bridgehead atoms. The quantitative estimate of drug-likeness (QED) is 0.424. The predicted molar refractivity (Wildman–Crippen MR) is 119 cm³/mol. The first-order chi connectivity index (χ1) is 16.9. The van der Waals surface area contributed by atoms with Crippen molar-refractivity contribution in [2.45, 2.75) is 25.8 Å². The number of aromatic amines is 1. The first-order valence-corrected chi connectivity index (χ1v) is 11.0. The van der Waals surface area contributed by atoms with Gasteiger partial charge in [-0.25, -0.2) is 28.2 Å². The molecule has 0 aliphatic carbocycles. The van der Waals surface area contributed by atoms with E-state index in [1.165, 1.54) is 11.2 Å². The van der Waals surface area contributed by atoms with Gasteiger partial charge in [0, 0.05) is 38.1 Å². The Morgan fingerprint density at radius 1 is 1.31 bits per heavy atom. The molecule has 6 rings (SSSR count). The molecular formula is C23H20F2N8O2. The molecule has 1 aliphatic heterocycles. The van der Waals surface area contributed by atoms with Crippen molar-refractivity contribution in [1.29, 1.82) is 0 Å². The molecule has 0 aromatic carbocycles. The van der Waals surface area contributed by atoms with Crippen LogP contribution >= 0.6 is 0 Å². The van der Waals surface area contributed by atoms with E-state index >= 15 is 0 Å². The van der Waals surface area contributed by atoms with Crippen LogP contribution in [0.2, 0.25) is 0 Å². The molecule has 1 amide bonds. The number of nitrogens with one attached hydrogen (secondary N) is 1. The summed E-state index contributed by atoms with van der Waals surface area (Å²) in [7, 11) is 1.73. The molecule has 0 spiro atoms. The molecule has 10 nitrogen and oxygen atoms in total. The Balaban J connectivity index is 1.46. The van der Waals surface area contributed by atoms with Crippen molar-refractivity contribution < 1.29 is 18.0 Å². The lowest BCUT2D eigenvalue weighted by molar-refractivity contribution is 0.0640. The summed E-state index contributed by atoms with van der Waals surface area (Å²) in [6.45, 7) is 2.22. The minimum absolute atomic E-state index is 0.137. The van der Waals surface area contributed by atoms with E-state index in [-0.39, 0.29) is 18.1 Å². The minimum Gasteiger partial charge on any atom is -0.429 e. The molecule has 6 heterocycles. The minimum atomic E-state index is -3.00. The van der Waals surface area contributed by atoms with Gasteiger partial charge in [0.1, 0.15) is 11.7 Å². The van der Waals surface area contributed by atoms with Gasteiger partial charge in [0.05, 0.1) is 29.6 Å². The second-order valence-corrected chi connectivity index (χ2v) is 8.47. The van der Waals surface area contributed by atoms with Crippen molar-refractivity contribution in [2.75, 3.05) is 6.54 Å². The lowest BCUT2D eigenvalue weighted by Gasteiger charge is -2.33. The number of hydrogen-bond acceptors (Lipinski definition) is 6. The molecule has 1 aliphatic rings. The number of oxazole rings is 1. The summed E-state index contributed by atoms with van der Waals surface area (Å²) in [5, 5.41) is 4.68. The Morgan fingerprint density at radius 3 is 2.91 bits per heavy atom. The Morgan fingerprint density at radius 2 is 2.17 bits per heavy atom. The van der Waals surface area contributed by atoms with Crippen LogP contribution in [0.1, 0.15) is 51.4 Å². The predicted octanol–water partition coefficient (Wildman–Crippen LogP) is 3.48. The summed E-state index contributed by atoms with van der Waals surface area (Å²) >= 11 is 0. The van der Waals surface area contributed by atoms with Crippen molar-refractivity contribution in [2.24, 2.45) is 7.05 Å². The van der Waals surface area contributed by atoms with E-state index in [1.54, 1.807) is 28.7 Å². The van der Waals surface area contributed by atoms with Gasteiger partial charge in [-0.3, -0.25) is 4.79 Å². The number of amides is 1. The van der Waals surface area contributed by atoms with E-state index < -0.39 is 29.8 Å². The highest BCUT2D eigenvalue weighted by Crippen LogP contribution is 2.36. The van der Waals surface area contributed by atoms with E-state index in [1.807, 2.05) is 31.3 Å². The third kappa shape index (κ3) is 3.40. The van der Waals surface area contributed by atoms with Gasteiger partial charge < -0.3 is 18.9 Å². The van der Waals surface area contributed by atoms with Gasteiger partial charge >= 0.3 is 0 Å². The topological polar surface area (TPSA) is 110 Å². The Bertz CT molecular complexity index is 1560. The molecule has 178 valence electrons. The molecule has 1 atom stereocenters. The van der Waals surface area contributed by atoms with Crippen LogP contribution in [0.3, 0.4) is 0 Å². The van der Waals surface area contributed by atoms with Gasteiger partial charge in [-0.2, -0.15) is 5.10 Å². The maximum Gasteiger partial charge on any atom is 0.292 e. The molecule has 5 aromatic heterocycles. The molecular weight excluding hydrogens is 458 g/mol. The van der Waals surface area contributed by atoms with Crippen LogP contribution in [0.5, 0.6) is 0 Å². The van der Waals surface area contributed by atoms with Crippen LogP contribution in [0.15, 0.2) is 47.7 Å². The first-order valence-electron chi connectivity index (χ1n) is 11.0. The highest BCUT2D eigenvalue weighted by Gasteiger charge is 2.40. The van der Waals surface area contributed by atoms with Crippen LogP contribution in [0.25, 0.3) is 17.1 Å². The number of imidazole rings is 2. The zero-order valence-electron chi connectivity index (χ0n) is 18.8. The van der Waals surface area contributed by atoms with Gasteiger partial charge in [0.2, 0.25) is 11.7 Å². The molecule has 1 N–H and O–H groups in total. The molecule has 0 radical (unpaired) electrons. The van der Waals surface area contributed by atoms with E-state index in [9.17, 15) is 13.6 Å². The molecule has 5 aromatic rings. The van der Waals surface area contributed by atoms with Crippen molar-refractivity contribution in [3.8, 4) is 11.6 Å². The summed E-state index contributed by atoms with van der Waals surface area (Å²) in [5.74, 6) is -1.35. The number of H-pyrrole nitrogens is 1. The standard InChI is InChI=1S/C23H20F2N8O2/c1-12-4-3-6-33-16(12)8-14(30-33)19-17-13(26-10-27-17)5-7-32(19)23(34)20-18(21(24)25)29-22(35-20)15-9-31(2)11-28-15/h3-4,6,8-11,19,21H,5,7H2,1-2H3,(H,26,27)/t19-/m1/s1. The van der Waals surface area contributed by atoms with Gasteiger partial charge in [-0.05, 0) is 24.6 Å². The zero-order valence-corrected chi connectivity index (χ0v) is 18.8. The number of pyridine rings is 1. The Hall–Kier alpha value is -4.35. The number of rotatable bonds is 4. The smallest absolute Gasteiger partial charge is 0.292 e. The van der Waals surface area contributed by atoms with Gasteiger partial charge in [-0.15, -0.1) is 0 Å². The molecule has 0 saturated carbocycles. The van der Waals surface area contributed by atoms with Crippen LogP contribution in [-0.4, -0.2) is 51.5 Å². The van der Waals surface area contributed by atoms with E-state index in [0.29, 0.717) is 17.8 Å². The maximum absolute atomic E-state index is 13.9. The summed E-state index contributed by atoms with van der Waals surface area (Å²) in [4.78, 5) is 30.8. The number of fused-ring (bicyclic) bond motifs is 2. The van der Waals surface area contributed by atoms with Gasteiger partial charge in [-0.1, -0.05) is 6.07 Å². The number of halogens is 2. The lowest BCUT2D eigenvalue weighted by atomic mass is 9.99. The number of aryl methyl sites for hydroxylation is 2. The largest absolute Gasteiger partial charge is 0.429 e. The van der Waals surface area contributed by atoms with Crippen molar-refractivity contribution in [1.82, 2.24) is 39.0 Å². The van der Waals surface area contributed by atoms with Crippen LogP contribution in [0, 0.1) is 6.92 Å². The molecule has 35 heavy (non-hydrogen) atoms. The monoisotopic (exact) mass is 478 g/mol. The van der Waals surface area contributed by atoms with Crippen LogP contribution < -0.4 is 0 Å². The van der Waals surface area contributed by atoms with Gasteiger partial charge in [0.25, 0.3) is 12.3 Å². The van der Waals surface area contributed by atoms with E-state index in [2.05, 4.69) is 25.0 Å². The third-order valence-electron chi connectivity index (χ3n) is 6.18.